The van der Waals surface area contributed by atoms with Gasteiger partial charge in [-0.05, 0) is 36.9 Å². The maximum absolute atomic E-state index is 12.5. The molecule has 0 heterocycles. The molecule has 0 aromatic heterocycles. The van der Waals surface area contributed by atoms with E-state index in [2.05, 4.69) is 10.6 Å². The fourth-order valence-electron chi connectivity index (χ4n) is 2.59. The van der Waals surface area contributed by atoms with E-state index in [9.17, 15) is 29.7 Å². The fraction of sp³-hybridized carbons (Fsp3) is 0.864. The van der Waals surface area contributed by atoms with Crippen LogP contribution in [0.5, 0.6) is 0 Å². The molecule has 3 atom stereocenters. The van der Waals surface area contributed by atoms with Crippen LogP contribution in [0.4, 0.5) is 14.4 Å². The molecule has 218 valence electrons. The molecule has 0 aromatic carbocycles. The lowest BCUT2D eigenvalue weighted by molar-refractivity contribution is 0.0461. The molecule has 12 nitrogen and oxygen atoms in total. The first-order valence-corrected chi connectivity index (χ1v) is 15.7. The van der Waals surface area contributed by atoms with Crippen LogP contribution in [0.2, 0.25) is 0 Å². The fourth-order valence-corrected chi connectivity index (χ4v) is 4.38. The number of nitrogens with one attached hydrogen (secondary N) is 2. The molecule has 0 saturated heterocycles. The number of amides is 3. The van der Waals surface area contributed by atoms with Crippen LogP contribution in [-0.4, -0.2) is 131 Å². The van der Waals surface area contributed by atoms with Gasteiger partial charge >= 0.3 is 18.3 Å². The number of aliphatic hydroxyl groups is 3. The van der Waals surface area contributed by atoms with E-state index in [0.29, 0.717) is 12.8 Å². The SMILES string of the molecule is CSCCC(O)COC(=O)NCCN(CCNC(=O)OCC(O)SC(C)C)C(=O)OCC(O)CCSC. The molecule has 3 unspecified atom stereocenters. The second-order valence-corrected chi connectivity index (χ2v) is 11.9. The Morgan fingerprint density at radius 3 is 1.70 bits per heavy atom. The van der Waals surface area contributed by atoms with Crippen molar-refractivity contribution in [3.63, 3.8) is 0 Å². The van der Waals surface area contributed by atoms with Gasteiger partial charge in [-0.3, -0.25) is 0 Å². The second kappa shape index (κ2) is 22.7. The first-order valence-electron chi connectivity index (χ1n) is 12.0. The highest BCUT2D eigenvalue weighted by atomic mass is 32.2. The smallest absolute Gasteiger partial charge is 0.409 e. The van der Waals surface area contributed by atoms with Crippen molar-refractivity contribution in [3.8, 4) is 0 Å². The molecule has 0 saturated carbocycles. The van der Waals surface area contributed by atoms with Crippen molar-refractivity contribution in [2.75, 3.05) is 70.0 Å². The first-order chi connectivity index (χ1) is 17.6. The highest BCUT2D eigenvalue weighted by molar-refractivity contribution is 8.00. The summed E-state index contributed by atoms with van der Waals surface area (Å²) in [4.78, 5) is 37.5. The summed E-state index contributed by atoms with van der Waals surface area (Å²) in [5.74, 6) is 1.46. The highest BCUT2D eigenvalue weighted by Crippen LogP contribution is 2.14. The third-order valence-corrected chi connectivity index (χ3v) is 6.75. The van der Waals surface area contributed by atoms with Crippen LogP contribution in [0, 0.1) is 0 Å². The van der Waals surface area contributed by atoms with Crippen LogP contribution in [0.15, 0.2) is 0 Å². The minimum atomic E-state index is -0.841. The molecule has 0 bridgehead atoms. The number of ether oxygens (including phenoxy) is 3. The molecule has 0 aliphatic rings. The molecule has 3 amide bonds. The van der Waals surface area contributed by atoms with Crippen LogP contribution < -0.4 is 10.6 Å². The van der Waals surface area contributed by atoms with E-state index >= 15 is 0 Å². The highest BCUT2D eigenvalue weighted by Gasteiger charge is 2.18. The molecule has 37 heavy (non-hydrogen) atoms. The Morgan fingerprint density at radius 2 is 1.24 bits per heavy atom. The van der Waals surface area contributed by atoms with Crippen molar-refractivity contribution in [2.24, 2.45) is 0 Å². The summed E-state index contributed by atoms with van der Waals surface area (Å²) >= 11 is 4.41. The van der Waals surface area contributed by atoms with E-state index in [0.717, 1.165) is 11.5 Å². The van der Waals surface area contributed by atoms with Gasteiger partial charge in [0.05, 0.1) is 12.2 Å². The van der Waals surface area contributed by atoms with Crippen molar-refractivity contribution >= 4 is 53.6 Å². The Bertz CT molecular complexity index is 635. The van der Waals surface area contributed by atoms with Crippen molar-refractivity contribution in [3.05, 3.63) is 0 Å². The standard InChI is InChI=1S/C22H43N3O9S3/c1-16(2)37-19(28)15-33-21(30)24-8-10-25(22(31)34-14-18(27)6-12-36-4)9-7-23-20(29)32-13-17(26)5-11-35-3/h16-19,26-28H,5-15H2,1-4H3,(H,23,29)(H,24,30). The van der Waals surface area contributed by atoms with Gasteiger partial charge in [0, 0.05) is 31.4 Å². The average Bonchev–Trinajstić information content (AvgIpc) is 2.85. The lowest BCUT2D eigenvalue weighted by Gasteiger charge is -2.23. The Kier molecular flexibility index (Phi) is 21.9. The number of alkyl carbamates (subject to hydrolysis) is 2. The summed E-state index contributed by atoms with van der Waals surface area (Å²) in [5.41, 5.74) is -0.841. The summed E-state index contributed by atoms with van der Waals surface area (Å²) in [6, 6.07) is 0. The van der Waals surface area contributed by atoms with Crippen molar-refractivity contribution in [1.82, 2.24) is 15.5 Å². The van der Waals surface area contributed by atoms with Gasteiger partial charge in [-0.25, -0.2) is 14.4 Å². The van der Waals surface area contributed by atoms with Crippen molar-refractivity contribution in [1.29, 1.82) is 0 Å². The number of carbonyl (C=O) groups is 3. The molecule has 0 aliphatic heterocycles. The van der Waals surface area contributed by atoms with E-state index in [1.165, 1.54) is 16.7 Å². The zero-order chi connectivity index (χ0) is 28.1. The molecule has 0 aromatic rings. The lowest BCUT2D eigenvalue weighted by atomic mass is 10.3. The van der Waals surface area contributed by atoms with Gasteiger partial charge in [-0.2, -0.15) is 23.5 Å². The number of thioether (sulfide) groups is 3. The predicted octanol–water partition coefficient (Wildman–Crippen LogP) is 1.57. The minimum Gasteiger partial charge on any atom is -0.447 e. The molecule has 0 aliphatic carbocycles. The molecule has 0 radical (unpaired) electrons. The zero-order valence-corrected chi connectivity index (χ0v) is 24.5. The quantitative estimate of drug-likeness (QED) is 0.103. The predicted molar refractivity (Wildman–Crippen MR) is 148 cm³/mol. The van der Waals surface area contributed by atoms with E-state index in [1.54, 1.807) is 23.5 Å². The van der Waals surface area contributed by atoms with Gasteiger partial charge in [0.25, 0.3) is 0 Å². The number of hydrogen-bond acceptors (Lipinski definition) is 12. The monoisotopic (exact) mass is 589 g/mol. The van der Waals surface area contributed by atoms with Gasteiger partial charge in [0.15, 0.2) is 0 Å². The summed E-state index contributed by atoms with van der Waals surface area (Å²) in [5, 5.41) is 34.6. The van der Waals surface area contributed by atoms with Crippen molar-refractivity contribution < 1.29 is 43.9 Å². The maximum Gasteiger partial charge on any atom is 0.409 e. The summed E-state index contributed by atoms with van der Waals surface area (Å²) < 4.78 is 15.1. The van der Waals surface area contributed by atoms with Gasteiger partial charge in [-0.1, -0.05) is 13.8 Å². The van der Waals surface area contributed by atoms with Gasteiger partial charge < -0.3 is 45.1 Å². The first kappa shape index (κ1) is 35.7. The van der Waals surface area contributed by atoms with Crippen molar-refractivity contribution in [2.45, 2.75) is 49.6 Å². The van der Waals surface area contributed by atoms with Gasteiger partial charge in [0.1, 0.15) is 25.3 Å². The van der Waals surface area contributed by atoms with E-state index in [4.69, 9.17) is 14.2 Å². The topological polar surface area (TPSA) is 167 Å². The average molecular weight is 590 g/mol. The third kappa shape index (κ3) is 21.4. The van der Waals surface area contributed by atoms with E-state index in [1.807, 2.05) is 26.4 Å². The van der Waals surface area contributed by atoms with Gasteiger partial charge in [0.2, 0.25) is 0 Å². The summed E-state index contributed by atoms with van der Waals surface area (Å²) in [6.07, 6.45) is 1.05. The van der Waals surface area contributed by atoms with Crippen LogP contribution in [-0.2, 0) is 14.2 Å². The molecule has 0 rings (SSSR count). The largest absolute Gasteiger partial charge is 0.447 e. The molecule has 15 heteroatoms. The number of hydrogen-bond donors (Lipinski definition) is 5. The summed E-state index contributed by atoms with van der Waals surface area (Å²) in [7, 11) is 0. The summed E-state index contributed by atoms with van der Waals surface area (Å²) in [6.45, 7) is 3.49. The Labute approximate surface area is 232 Å². The molecule has 0 fully saturated rings. The number of rotatable bonds is 20. The minimum absolute atomic E-state index is 0.0302. The lowest BCUT2D eigenvalue weighted by Crippen LogP contribution is -2.44. The van der Waals surface area contributed by atoms with Crippen LogP contribution in [0.3, 0.4) is 0 Å². The molecular formula is C22H43N3O9S3. The molecule has 5 N–H and O–H groups in total. The number of carbonyl (C=O) groups excluding carboxylic acids is 3. The second-order valence-electron chi connectivity index (χ2n) is 8.12. The van der Waals surface area contributed by atoms with Crippen LogP contribution >= 0.6 is 35.3 Å². The zero-order valence-electron chi connectivity index (χ0n) is 22.1. The Morgan fingerprint density at radius 1 is 0.784 bits per heavy atom. The van der Waals surface area contributed by atoms with E-state index < -0.39 is 35.9 Å². The Hall–Kier alpha value is -1.26. The number of nitrogens with zero attached hydrogens (tertiary/aromatic N) is 1. The Balaban J connectivity index is 4.61. The normalized spacial score (nSPS) is 13.4. The molecular weight excluding hydrogens is 546 g/mol. The van der Waals surface area contributed by atoms with Crippen LogP contribution in [0.1, 0.15) is 26.7 Å². The molecule has 0 spiro atoms. The van der Waals surface area contributed by atoms with Crippen LogP contribution in [0.25, 0.3) is 0 Å². The number of aliphatic hydroxyl groups excluding tert-OH is 3. The third-order valence-electron chi connectivity index (χ3n) is 4.46. The van der Waals surface area contributed by atoms with E-state index in [-0.39, 0.29) is 51.2 Å². The maximum atomic E-state index is 12.5. The van der Waals surface area contributed by atoms with Gasteiger partial charge in [-0.15, -0.1) is 11.8 Å².